The molecule has 1 aromatic heterocycles. The van der Waals surface area contributed by atoms with E-state index in [0.717, 1.165) is 17.3 Å². The molecule has 1 fully saturated rings. The number of aromatic amines is 1. The van der Waals surface area contributed by atoms with Gasteiger partial charge >= 0.3 is 0 Å². The van der Waals surface area contributed by atoms with Crippen LogP contribution >= 0.6 is 15.9 Å². The molecule has 0 bridgehead atoms. The Hall–Kier alpha value is -0.810. The average molecular weight is 314 g/mol. The highest BCUT2D eigenvalue weighted by molar-refractivity contribution is 9.10. The Morgan fingerprint density at radius 2 is 2.28 bits per heavy atom. The maximum atomic E-state index is 12.4. The fourth-order valence-corrected chi connectivity index (χ4v) is 3.15. The molecule has 0 radical (unpaired) electrons. The summed E-state index contributed by atoms with van der Waals surface area (Å²) in [7, 11) is 1.88. The van der Waals surface area contributed by atoms with Crippen molar-refractivity contribution in [2.45, 2.75) is 31.7 Å². The van der Waals surface area contributed by atoms with Crippen LogP contribution in [0.2, 0.25) is 0 Å². The summed E-state index contributed by atoms with van der Waals surface area (Å²) in [6, 6.07) is 2.09. The van der Waals surface area contributed by atoms with E-state index < -0.39 is 0 Å². The molecule has 0 spiro atoms. The average Bonchev–Trinajstić information content (AvgIpc) is 2.83. The molecule has 0 aromatic carbocycles. The van der Waals surface area contributed by atoms with Crippen molar-refractivity contribution in [3.63, 3.8) is 0 Å². The van der Waals surface area contributed by atoms with Gasteiger partial charge < -0.3 is 15.6 Å². The number of aromatic nitrogens is 1. The molecule has 1 amide bonds. The van der Waals surface area contributed by atoms with E-state index >= 15 is 0 Å². The Morgan fingerprint density at radius 1 is 1.56 bits per heavy atom. The maximum Gasteiger partial charge on any atom is 0.270 e. The predicted molar refractivity (Wildman–Crippen MR) is 75.4 cm³/mol. The second-order valence-electron chi connectivity index (χ2n) is 5.00. The summed E-state index contributed by atoms with van der Waals surface area (Å²) in [4.78, 5) is 17.2. The smallest absolute Gasteiger partial charge is 0.270 e. The first-order valence-electron chi connectivity index (χ1n) is 6.44. The van der Waals surface area contributed by atoms with Gasteiger partial charge in [0.05, 0.1) is 0 Å². The van der Waals surface area contributed by atoms with Gasteiger partial charge in [-0.1, -0.05) is 12.8 Å². The highest BCUT2D eigenvalue weighted by Gasteiger charge is 2.30. The minimum atomic E-state index is 0.0473. The Labute approximate surface area is 116 Å². The van der Waals surface area contributed by atoms with Gasteiger partial charge in [-0.25, -0.2) is 0 Å². The number of H-pyrrole nitrogens is 1. The van der Waals surface area contributed by atoms with E-state index in [1.807, 2.05) is 18.0 Å². The summed E-state index contributed by atoms with van der Waals surface area (Å²) < 4.78 is 0.901. The molecule has 3 N–H and O–H groups in total. The lowest BCUT2D eigenvalue weighted by atomic mass is 9.83. The summed E-state index contributed by atoms with van der Waals surface area (Å²) in [6.45, 7) is 0.663. The van der Waals surface area contributed by atoms with Gasteiger partial charge in [0.15, 0.2) is 0 Å². The van der Waals surface area contributed by atoms with E-state index in [2.05, 4.69) is 20.9 Å². The van der Waals surface area contributed by atoms with Crippen molar-refractivity contribution in [2.75, 3.05) is 13.6 Å². The van der Waals surface area contributed by atoms with Gasteiger partial charge in [0.1, 0.15) is 5.69 Å². The lowest BCUT2D eigenvalue weighted by Gasteiger charge is -2.37. The first kappa shape index (κ1) is 13.6. The van der Waals surface area contributed by atoms with Gasteiger partial charge in [0.25, 0.3) is 5.91 Å². The Morgan fingerprint density at radius 3 is 2.89 bits per heavy atom. The fourth-order valence-electron chi connectivity index (χ4n) is 2.80. The molecule has 0 saturated heterocycles. The number of amides is 1. The van der Waals surface area contributed by atoms with Crippen LogP contribution in [0.4, 0.5) is 0 Å². The number of nitrogens with one attached hydrogen (secondary N) is 1. The van der Waals surface area contributed by atoms with Crippen LogP contribution in [0.1, 0.15) is 36.2 Å². The molecule has 1 heterocycles. The molecular weight excluding hydrogens is 294 g/mol. The minimum Gasteiger partial charge on any atom is -0.356 e. The molecule has 100 valence electrons. The van der Waals surface area contributed by atoms with Gasteiger partial charge in [-0.3, -0.25) is 4.79 Å². The molecule has 2 atom stereocenters. The van der Waals surface area contributed by atoms with Crippen molar-refractivity contribution < 1.29 is 4.79 Å². The van der Waals surface area contributed by atoms with Crippen molar-refractivity contribution in [3.05, 3.63) is 22.4 Å². The molecule has 1 aliphatic rings. The summed E-state index contributed by atoms with van der Waals surface area (Å²) in [6.07, 6.45) is 6.39. The zero-order valence-corrected chi connectivity index (χ0v) is 12.2. The second-order valence-corrected chi connectivity index (χ2v) is 5.91. The molecular formula is C13H20BrN3O. The lowest BCUT2D eigenvalue weighted by molar-refractivity contribution is 0.0615. The van der Waals surface area contributed by atoms with Crippen LogP contribution in [0.15, 0.2) is 16.7 Å². The van der Waals surface area contributed by atoms with Crippen molar-refractivity contribution in [1.29, 1.82) is 0 Å². The van der Waals surface area contributed by atoms with Crippen LogP contribution in [0.25, 0.3) is 0 Å². The Balaban J connectivity index is 2.09. The van der Waals surface area contributed by atoms with Crippen LogP contribution in [0, 0.1) is 5.92 Å². The van der Waals surface area contributed by atoms with Gasteiger partial charge in [0.2, 0.25) is 0 Å². The molecule has 1 saturated carbocycles. The zero-order valence-electron chi connectivity index (χ0n) is 10.7. The first-order valence-corrected chi connectivity index (χ1v) is 7.24. The minimum absolute atomic E-state index is 0.0473. The fraction of sp³-hybridized carbons (Fsp3) is 0.615. The number of nitrogens with zero attached hydrogens (tertiary/aromatic N) is 1. The first-order chi connectivity index (χ1) is 8.63. The molecule has 4 nitrogen and oxygen atoms in total. The van der Waals surface area contributed by atoms with Crippen molar-refractivity contribution in [2.24, 2.45) is 11.7 Å². The SMILES string of the molecule is CN(C(=O)c1cc(Br)c[nH]1)C1CCCCC1CN. The Bertz CT molecular complexity index is 418. The monoisotopic (exact) mass is 313 g/mol. The highest BCUT2D eigenvalue weighted by atomic mass is 79.9. The van der Waals surface area contributed by atoms with Crippen LogP contribution in [0.3, 0.4) is 0 Å². The summed E-state index contributed by atoms with van der Waals surface area (Å²) in [5, 5.41) is 0. The quantitative estimate of drug-likeness (QED) is 0.900. The largest absolute Gasteiger partial charge is 0.356 e. The summed E-state index contributed by atoms with van der Waals surface area (Å²) >= 11 is 3.35. The van der Waals surface area contributed by atoms with Crippen molar-refractivity contribution in [3.8, 4) is 0 Å². The number of carbonyl (C=O) groups excluding carboxylic acids is 1. The number of hydrogen-bond acceptors (Lipinski definition) is 2. The molecule has 2 unspecified atom stereocenters. The number of halogens is 1. The van der Waals surface area contributed by atoms with E-state index in [9.17, 15) is 4.79 Å². The third-order valence-corrected chi connectivity index (χ3v) is 4.33. The number of carbonyl (C=O) groups is 1. The molecule has 18 heavy (non-hydrogen) atoms. The van der Waals surface area contributed by atoms with Gasteiger partial charge in [-0.05, 0) is 47.3 Å². The van der Waals surface area contributed by atoms with E-state index in [1.54, 1.807) is 6.20 Å². The van der Waals surface area contributed by atoms with E-state index in [1.165, 1.54) is 12.8 Å². The predicted octanol–water partition coefficient (Wildman–Crippen LogP) is 2.37. The van der Waals surface area contributed by atoms with Crippen LogP contribution in [0.5, 0.6) is 0 Å². The summed E-state index contributed by atoms with van der Waals surface area (Å²) in [5.41, 5.74) is 6.45. The third kappa shape index (κ3) is 2.78. The van der Waals surface area contributed by atoms with Crippen molar-refractivity contribution >= 4 is 21.8 Å². The maximum absolute atomic E-state index is 12.4. The molecule has 1 aromatic rings. The molecule has 2 rings (SSSR count). The number of hydrogen-bond donors (Lipinski definition) is 2. The summed E-state index contributed by atoms with van der Waals surface area (Å²) in [5.74, 6) is 0.483. The molecule has 1 aliphatic carbocycles. The van der Waals surface area contributed by atoms with E-state index in [-0.39, 0.29) is 11.9 Å². The molecule has 0 aliphatic heterocycles. The van der Waals surface area contributed by atoms with Crippen LogP contribution in [-0.2, 0) is 0 Å². The van der Waals surface area contributed by atoms with E-state index in [4.69, 9.17) is 5.73 Å². The standard InChI is InChI=1S/C13H20BrN3O/c1-17(12-5-3-2-4-9(12)7-15)13(18)11-6-10(14)8-16-11/h6,8-9,12,16H,2-5,7,15H2,1H3. The van der Waals surface area contributed by atoms with Gasteiger partial charge in [0, 0.05) is 23.8 Å². The Kier molecular flexibility index (Phi) is 4.45. The van der Waals surface area contributed by atoms with Crippen LogP contribution in [-0.4, -0.2) is 35.4 Å². The van der Waals surface area contributed by atoms with Crippen molar-refractivity contribution in [1.82, 2.24) is 9.88 Å². The second kappa shape index (κ2) is 5.89. The zero-order chi connectivity index (χ0) is 13.1. The topological polar surface area (TPSA) is 62.1 Å². The molecule has 5 heteroatoms. The highest BCUT2D eigenvalue weighted by Crippen LogP contribution is 2.28. The number of nitrogens with two attached hydrogens (primary N) is 1. The van der Waals surface area contributed by atoms with Gasteiger partial charge in [-0.15, -0.1) is 0 Å². The third-order valence-electron chi connectivity index (χ3n) is 3.87. The lowest BCUT2D eigenvalue weighted by Crippen LogP contribution is -2.46. The normalized spacial score (nSPS) is 23.9. The van der Waals surface area contributed by atoms with E-state index in [0.29, 0.717) is 18.2 Å². The number of rotatable bonds is 3. The van der Waals surface area contributed by atoms with Crippen LogP contribution < -0.4 is 5.73 Å². The van der Waals surface area contributed by atoms with Gasteiger partial charge in [-0.2, -0.15) is 0 Å².